The molecule has 6 heteroatoms. The molecule has 0 radical (unpaired) electrons. The highest BCUT2D eigenvalue weighted by Crippen LogP contribution is 2.22. The van der Waals surface area contributed by atoms with Crippen LogP contribution in [0.25, 0.3) is 11.4 Å². The van der Waals surface area contributed by atoms with E-state index in [1.165, 1.54) is 0 Å². The molecule has 2 heterocycles. The Hall–Kier alpha value is -2.99. The fourth-order valence-corrected chi connectivity index (χ4v) is 2.23. The van der Waals surface area contributed by atoms with Crippen LogP contribution < -0.4 is 10.6 Å². The number of nitrogens with one attached hydrogen (secondary N) is 2. The molecule has 2 aromatic heterocycles. The van der Waals surface area contributed by atoms with Gasteiger partial charge >= 0.3 is 0 Å². The van der Waals surface area contributed by atoms with Gasteiger partial charge in [0.1, 0.15) is 11.6 Å². The second kappa shape index (κ2) is 8.21. The number of rotatable bonds is 7. The molecule has 0 saturated carbocycles. The van der Waals surface area contributed by atoms with Gasteiger partial charge in [-0.05, 0) is 19.1 Å². The maximum absolute atomic E-state index is 5.28. The molecule has 3 aromatic rings. The summed E-state index contributed by atoms with van der Waals surface area (Å²) in [6.07, 6.45) is 3.56. The molecule has 0 aliphatic carbocycles. The Balaban J connectivity index is 1.90. The Morgan fingerprint density at radius 1 is 1.00 bits per heavy atom. The standard InChI is InChI=1S/C19H21N5O/c1-14(25-2)13-21-17-12-18(22-16-8-10-20-11-9-16)24-19(23-17)15-6-4-3-5-7-15/h3-12,14H,13H2,1-2H3,(H2,20,21,22,23,24). The second-order valence-corrected chi connectivity index (χ2v) is 5.62. The van der Waals surface area contributed by atoms with Crippen molar-refractivity contribution in [2.45, 2.75) is 13.0 Å². The summed E-state index contributed by atoms with van der Waals surface area (Å²) < 4.78 is 5.28. The van der Waals surface area contributed by atoms with Crippen molar-refractivity contribution < 1.29 is 4.74 Å². The van der Waals surface area contributed by atoms with E-state index >= 15 is 0 Å². The predicted octanol–water partition coefficient (Wildman–Crippen LogP) is 3.73. The normalized spacial score (nSPS) is 11.8. The van der Waals surface area contributed by atoms with Gasteiger partial charge in [0.15, 0.2) is 5.82 Å². The van der Waals surface area contributed by atoms with Crippen molar-refractivity contribution in [1.82, 2.24) is 15.0 Å². The first-order valence-electron chi connectivity index (χ1n) is 8.13. The lowest BCUT2D eigenvalue weighted by Gasteiger charge is -2.14. The van der Waals surface area contributed by atoms with Crippen molar-refractivity contribution in [2.75, 3.05) is 24.3 Å². The molecule has 0 fully saturated rings. The number of benzene rings is 1. The number of hydrogen-bond acceptors (Lipinski definition) is 6. The smallest absolute Gasteiger partial charge is 0.163 e. The average molecular weight is 335 g/mol. The van der Waals surface area contributed by atoms with Crippen LogP contribution in [0.5, 0.6) is 0 Å². The highest BCUT2D eigenvalue weighted by atomic mass is 16.5. The van der Waals surface area contributed by atoms with Crippen LogP contribution in [0.15, 0.2) is 60.9 Å². The summed E-state index contributed by atoms with van der Waals surface area (Å²) in [5, 5.41) is 6.60. The predicted molar refractivity (Wildman–Crippen MR) is 99.9 cm³/mol. The number of ether oxygens (including phenoxy) is 1. The largest absolute Gasteiger partial charge is 0.380 e. The molecule has 0 spiro atoms. The zero-order chi connectivity index (χ0) is 17.5. The topological polar surface area (TPSA) is 72.0 Å². The van der Waals surface area contributed by atoms with Gasteiger partial charge in [-0.15, -0.1) is 0 Å². The molecular formula is C19H21N5O. The lowest BCUT2D eigenvalue weighted by molar-refractivity contribution is 0.128. The van der Waals surface area contributed by atoms with Crippen LogP contribution in [0.2, 0.25) is 0 Å². The van der Waals surface area contributed by atoms with Crippen LogP contribution >= 0.6 is 0 Å². The lowest BCUT2D eigenvalue weighted by Crippen LogP contribution is -2.19. The van der Waals surface area contributed by atoms with Crippen molar-refractivity contribution in [3.63, 3.8) is 0 Å². The van der Waals surface area contributed by atoms with Crippen LogP contribution in [0.4, 0.5) is 17.3 Å². The first-order chi connectivity index (χ1) is 12.2. The molecule has 0 amide bonds. The minimum Gasteiger partial charge on any atom is -0.380 e. The van der Waals surface area contributed by atoms with Gasteiger partial charge < -0.3 is 15.4 Å². The minimum atomic E-state index is 0.0896. The molecule has 0 aliphatic heterocycles. The van der Waals surface area contributed by atoms with Gasteiger partial charge in [-0.3, -0.25) is 4.98 Å². The Morgan fingerprint density at radius 2 is 1.72 bits per heavy atom. The van der Waals surface area contributed by atoms with E-state index in [2.05, 4.69) is 25.6 Å². The number of aromatic nitrogens is 3. The molecule has 0 bridgehead atoms. The van der Waals surface area contributed by atoms with Gasteiger partial charge in [0.2, 0.25) is 0 Å². The zero-order valence-corrected chi connectivity index (χ0v) is 14.3. The summed E-state index contributed by atoms with van der Waals surface area (Å²) in [4.78, 5) is 13.3. The van der Waals surface area contributed by atoms with Gasteiger partial charge in [-0.2, -0.15) is 0 Å². The summed E-state index contributed by atoms with van der Waals surface area (Å²) in [6, 6.07) is 15.6. The average Bonchev–Trinajstić information content (AvgIpc) is 2.67. The molecule has 2 N–H and O–H groups in total. The molecular weight excluding hydrogens is 314 g/mol. The number of methoxy groups -OCH3 is 1. The van der Waals surface area contributed by atoms with Crippen molar-refractivity contribution in [3.8, 4) is 11.4 Å². The number of nitrogens with zero attached hydrogens (tertiary/aromatic N) is 3. The molecule has 0 saturated heterocycles. The van der Waals surface area contributed by atoms with Crippen molar-refractivity contribution in [3.05, 3.63) is 60.9 Å². The number of anilines is 3. The zero-order valence-electron chi connectivity index (χ0n) is 14.3. The Labute approximate surface area is 147 Å². The fraction of sp³-hybridized carbons (Fsp3) is 0.211. The number of pyridine rings is 1. The first kappa shape index (κ1) is 16.9. The van der Waals surface area contributed by atoms with E-state index in [0.29, 0.717) is 18.2 Å². The van der Waals surface area contributed by atoms with Gasteiger partial charge in [-0.1, -0.05) is 30.3 Å². The summed E-state index contributed by atoms with van der Waals surface area (Å²) in [5.74, 6) is 2.12. The molecule has 6 nitrogen and oxygen atoms in total. The van der Waals surface area contributed by atoms with Crippen molar-refractivity contribution in [1.29, 1.82) is 0 Å². The molecule has 3 rings (SSSR count). The van der Waals surface area contributed by atoms with E-state index in [9.17, 15) is 0 Å². The van der Waals surface area contributed by atoms with Crippen LogP contribution in [0, 0.1) is 0 Å². The van der Waals surface area contributed by atoms with Crippen molar-refractivity contribution >= 4 is 17.3 Å². The summed E-state index contributed by atoms with van der Waals surface area (Å²) in [7, 11) is 1.69. The third-order valence-electron chi connectivity index (χ3n) is 3.68. The Bertz CT molecular complexity index is 795. The van der Waals surface area contributed by atoms with E-state index < -0.39 is 0 Å². The molecule has 1 unspecified atom stereocenters. The van der Waals surface area contributed by atoms with Gasteiger partial charge in [0.05, 0.1) is 6.10 Å². The van der Waals surface area contributed by atoms with Crippen molar-refractivity contribution in [2.24, 2.45) is 0 Å². The van der Waals surface area contributed by atoms with Crippen LogP contribution in [0.3, 0.4) is 0 Å². The monoisotopic (exact) mass is 335 g/mol. The Kier molecular flexibility index (Phi) is 5.53. The van der Waals surface area contributed by atoms with Crippen LogP contribution in [-0.2, 0) is 4.74 Å². The minimum absolute atomic E-state index is 0.0896. The second-order valence-electron chi connectivity index (χ2n) is 5.62. The maximum atomic E-state index is 5.28. The Morgan fingerprint density at radius 3 is 2.44 bits per heavy atom. The maximum Gasteiger partial charge on any atom is 0.163 e. The van der Waals surface area contributed by atoms with E-state index in [-0.39, 0.29) is 6.10 Å². The lowest BCUT2D eigenvalue weighted by atomic mass is 10.2. The van der Waals surface area contributed by atoms with Gasteiger partial charge in [0.25, 0.3) is 0 Å². The SMILES string of the molecule is COC(C)CNc1cc(Nc2ccncc2)nc(-c2ccccc2)n1. The van der Waals surface area contributed by atoms with Gasteiger partial charge in [-0.25, -0.2) is 9.97 Å². The van der Waals surface area contributed by atoms with E-state index in [1.807, 2.05) is 55.5 Å². The molecule has 1 atom stereocenters. The molecule has 0 aliphatic rings. The highest BCUT2D eigenvalue weighted by molar-refractivity contribution is 5.64. The first-order valence-corrected chi connectivity index (χ1v) is 8.13. The molecule has 25 heavy (non-hydrogen) atoms. The van der Waals surface area contributed by atoms with E-state index in [1.54, 1.807) is 19.5 Å². The van der Waals surface area contributed by atoms with Gasteiger partial charge in [0, 0.05) is 43.4 Å². The molecule has 128 valence electrons. The fourth-order valence-electron chi connectivity index (χ4n) is 2.23. The van der Waals surface area contributed by atoms with E-state index in [0.717, 1.165) is 17.1 Å². The van der Waals surface area contributed by atoms with Crippen LogP contribution in [-0.4, -0.2) is 34.7 Å². The number of hydrogen-bond donors (Lipinski definition) is 2. The third-order valence-corrected chi connectivity index (χ3v) is 3.68. The molecule has 1 aromatic carbocycles. The summed E-state index contributed by atoms with van der Waals surface area (Å²) >= 11 is 0. The summed E-state index contributed by atoms with van der Waals surface area (Å²) in [6.45, 7) is 2.67. The quantitative estimate of drug-likeness (QED) is 0.685. The third kappa shape index (κ3) is 4.74. The summed E-state index contributed by atoms with van der Waals surface area (Å²) in [5.41, 5.74) is 1.88. The van der Waals surface area contributed by atoms with Crippen LogP contribution in [0.1, 0.15) is 6.92 Å². The highest BCUT2D eigenvalue weighted by Gasteiger charge is 2.08. The van der Waals surface area contributed by atoms with E-state index in [4.69, 9.17) is 4.74 Å².